The van der Waals surface area contributed by atoms with Crippen LogP contribution in [0.3, 0.4) is 0 Å². The molecular weight excluding hydrogens is 204 g/mol. The monoisotopic (exact) mass is 212 g/mol. The van der Waals surface area contributed by atoms with Gasteiger partial charge in [0.1, 0.15) is 17.9 Å². The van der Waals surface area contributed by atoms with Crippen LogP contribution in [0, 0.1) is 0 Å². The molecule has 74 valence electrons. The summed E-state index contributed by atoms with van der Waals surface area (Å²) in [4.78, 5) is 10.8. The van der Waals surface area contributed by atoms with Crippen LogP contribution in [0.1, 0.15) is 15.9 Å². The molecule has 1 aromatic carbocycles. The van der Waals surface area contributed by atoms with Crippen molar-refractivity contribution in [2.24, 2.45) is 0 Å². The van der Waals surface area contributed by atoms with E-state index in [1.807, 2.05) is 18.2 Å². The van der Waals surface area contributed by atoms with E-state index in [0.29, 0.717) is 12.4 Å². The molecule has 0 unspecified atom stereocenters. The molecule has 3 nitrogen and oxygen atoms in total. The number of benzene rings is 1. The number of para-hydroxylation sites is 1. The van der Waals surface area contributed by atoms with Crippen LogP contribution in [-0.2, 0) is 0 Å². The second-order valence-corrected chi connectivity index (χ2v) is 2.74. The highest BCUT2D eigenvalue weighted by Gasteiger charge is 2.15. The molecule has 14 heavy (non-hydrogen) atoms. The first-order chi connectivity index (χ1) is 6.29. The van der Waals surface area contributed by atoms with Crippen molar-refractivity contribution in [3.63, 3.8) is 0 Å². The van der Waals surface area contributed by atoms with Gasteiger partial charge in [0, 0.05) is 5.56 Å². The fourth-order valence-corrected chi connectivity index (χ4v) is 1.32. The maximum atomic E-state index is 10.8. The Bertz CT molecular complexity index is 385. The van der Waals surface area contributed by atoms with Crippen LogP contribution >= 0.6 is 12.4 Å². The summed E-state index contributed by atoms with van der Waals surface area (Å²) >= 11 is 0. The third-order valence-electron chi connectivity index (χ3n) is 1.90. The predicted molar refractivity (Wildman–Crippen MR) is 55.2 cm³/mol. The highest BCUT2D eigenvalue weighted by atomic mass is 35.5. The maximum Gasteiger partial charge on any atom is 0.339 e. The third kappa shape index (κ3) is 1.72. The largest absolute Gasteiger partial charge is 0.488 e. The molecule has 0 atom stereocenters. The van der Waals surface area contributed by atoms with Gasteiger partial charge >= 0.3 is 5.97 Å². The minimum Gasteiger partial charge on any atom is -0.488 e. The summed E-state index contributed by atoms with van der Waals surface area (Å²) in [7, 11) is 0. The highest BCUT2D eigenvalue weighted by molar-refractivity contribution is 5.92. The predicted octanol–water partition coefficient (Wildman–Crippen LogP) is 2.21. The molecule has 1 aliphatic heterocycles. The third-order valence-corrected chi connectivity index (χ3v) is 1.90. The number of ether oxygens (including phenoxy) is 1. The Morgan fingerprint density at radius 1 is 1.43 bits per heavy atom. The summed E-state index contributed by atoms with van der Waals surface area (Å²) in [5.74, 6) is -0.482. The molecule has 1 N–H and O–H groups in total. The molecule has 0 radical (unpaired) electrons. The van der Waals surface area contributed by atoms with E-state index in [0.717, 1.165) is 5.56 Å². The average Bonchev–Trinajstić information content (AvgIpc) is 2.17. The fraction of sp³-hybridized carbons (Fsp3) is 0.100. The van der Waals surface area contributed by atoms with Crippen molar-refractivity contribution in [1.29, 1.82) is 0 Å². The minimum absolute atomic E-state index is 0. The number of halogens is 1. The smallest absolute Gasteiger partial charge is 0.339 e. The molecule has 0 aromatic heterocycles. The zero-order valence-electron chi connectivity index (χ0n) is 7.27. The number of hydrogen-bond donors (Lipinski definition) is 1. The number of carbonyl (C=O) groups is 1. The van der Waals surface area contributed by atoms with Gasteiger partial charge in [-0.25, -0.2) is 4.79 Å². The second kappa shape index (κ2) is 4.15. The zero-order chi connectivity index (χ0) is 9.26. The van der Waals surface area contributed by atoms with Gasteiger partial charge in [-0.1, -0.05) is 18.2 Å². The number of aromatic carboxylic acids is 1. The molecule has 4 heteroatoms. The molecule has 2 rings (SSSR count). The number of rotatable bonds is 1. The lowest BCUT2D eigenvalue weighted by molar-refractivity contribution is 0.0692. The molecule has 0 bridgehead atoms. The Morgan fingerprint density at radius 3 is 2.93 bits per heavy atom. The van der Waals surface area contributed by atoms with Crippen molar-refractivity contribution in [2.75, 3.05) is 6.61 Å². The summed E-state index contributed by atoms with van der Waals surface area (Å²) in [5, 5.41) is 8.84. The molecule has 0 fully saturated rings. The molecular formula is C10H9ClO3. The Hall–Kier alpha value is -1.48. The van der Waals surface area contributed by atoms with E-state index >= 15 is 0 Å². The van der Waals surface area contributed by atoms with Crippen LogP contribution in [0.2, 0.25) is 0 Å². The zero-order valence-corrected chi connectivity index (χ0v) is 8.08. The topological polar surface area (TPSA) is 46.5 Å². The van der Waals surface area contributed by atoms with Gasteiger partial charge < -0.3 is 9.84 Å². The van der Waals surface area contributed by atoms with Gasteiger partial charge in [0.2, 0.25) is 0 Å². The number of carboxylic acids is 1. The molecule has 0 aliphatic carbocycles. The molecule has 1 heterocycles. The summed E-state index contributed by atoms with van der Waals surface area (Å²) in [6.45, 7) is 0.442. The van der Waals surface area contributed by atoms with E-state index < -0.39 is 5.97 Å². The minimum atomic E-state index is -0.952. The lowest BCUT2D eigenvalue weighted by atomic mass is 10.1. The van der Waals surface area contributed by atoms with Crippen molar-refractivity contribution in [2.45, 2.75) is 0 Å². The summed E-state index contributed by atoms with van der Waals surface area (Å²) in [6, 6.07) is 5.08. The lowest BCUT2D eigenvalue weighted by Crippen LogP contribution is -2.07. The van der Waals surface area contributed by atoms with Crippen LogP contribution in [0.5, 0.6) is 5.75 Å². The Morgan fingerprint density at radius 2 is 2.21 bits per heavy atom. The molecule has 1 aliphatic rings. The van der Waals surface area contributed by atoms with Crippen LogP contribution < -0.4 is 4.74 Å². The Balaban J connectivity index is 0.000000980. The summed E-state index contributed by atoms with van der Waals surface area (Å²) < 4.78 is 5.25. The van der Waals surface area contributed by atoms with Crippen LogP contribution in [0.25, 0.3) is 6.08 Å². The normalized spacial score (nSPS) is 12.3. The standard InChI is InChI=1S/C10H8O3.ClH/c11-10(12)8-5-1-3-7-4-2-6-13-9(7)8;/h1-5H,6H2,(H,11,12);1H. The van der Waals surface area contributed by atoms with Gasteiger partial charge in [-0.3, -0.25) is 0 Å². The van der Waals surface area contributed by atoms with E-state index in [4.69, 9.17) is 9.84 Å². The summed E-state index contributed by atoms with van der Waals surface area (Å²) in [6.07, 6.45) is 3.72. The Labute approximate surface area is 87.4 Å². The van der Waals surface area contributed by atoms with E-state index in [-0.39, 0.29) is 18.0 Å². The van der Waals surface area contributed by atoms with Gasteiger partial charge in [-0.05, 0) is 12.1 Å². The number of carboxylic acid groups (broad SMARTS) is 1. The Kier molecular flexibility index (Phi) is 3.14. The van der Waals surface area contributed by atoms with Crippen molar-refractivity contribution in [1.82, 2.24) is 0 Å². The van der Waals surface area contributed by atoms with Crippen LogP contribution in [-0.4, -0.2) is 17.7 Å². The molecule has 0 saturated carbocycles. The highest BCUT2D eigenvalue weighted by Crippen LogP contribution is 2.27. The molecule has 0 saturated heterocycles. The van der Waals surface area contributed by atoms with Crippen LogP contribution in [0.4, 0.5) is 0 Å². The van der Waals surface area contributed by atoms with Crippen LogP contribution in [0.15, 0.2) is 24.3 Å². The van der Waals surface area contributed by atoms with E-state index in [2.05, 4.69) is 0 Å². The molecule has 0 amide bonds. The van der Waals surface area contributed by atoms with E-state index in [9.17, 15) is 4.79 Å². The van der Waals surface area contributed by atoms with Gasteiger partial charge in [-0.15, -0.1) is 12.4 Å². The van der Waals surface area contributed by atoms with Crippen molar-refractivity contribution < 1.29 is 14.6 Å². The molecule has 0 spiro atoms. The maximum absolute atomic E-state index is 10.8. The van der Waals surface area contributed by atoms with Gasteiger partial charge in [0.15, 0.2) is 0 Å². The molecule has 1 aromatic rings. The first-order valence-corrected chi connectivity index (χ1v) is 3.94. The van der Waals surface area contributed by atoms with Gasteiger partial charge in [0.25, 0.3) is 0 Å². The van der Waals surface area contributed by atoms with Gasteiger partial charge in [-0.2, -0.15) is 0 Å². The van der Waals surface area contributed by atoms with E-state index in [1.54, 1.807) is 12.1 Å². The summed E-state index contributed by atoms with van der Waals surface area (Å²) in [5.41, 5.74) is 1.05. The quantitative estimate of drug-likeness (QED) is 0.777. The lowest BCUT2D eigenvalue weighted by Gasteiger charge is -2.13. The number of hydrogen-bond acceptors (Lipinski definition) is 2. The SMILES string of the molecule is Cl.O=C(O)c1cccc2c1OCC=C2. The number of fused-ring (bicyclic) bond motifs is 1. The van der Waals surface area contributed by atoms with Crippen molar-refractivity contribution >= 4 is 24.5 Å². The fourth-order valence-electron chi connectivity index (χ4n) is 1.32. The van der Waals surface area contributed by atoms with Crippen molar-refractivity contribution in [3.8, 4) is 5.75 Å². The van der Waals surface area contributed by atoms with Crippen molar-refractivity contribution in [3.05, 3.63) is 35.4 Å². The second-order valence-electron chi connectivity index (χ2n) is 2.74. The average molecular weight is 213 g/mol. The van der Waals surface area contributed by atoms with E-state index in [1.165, 1.54) is 0 Å². The first kappa shape index (κ1) is 10.6. The van der Waals surface area contributed by atoms with Gasteiger partial charge in [0.05, 0.1) is 0 Å². The first-order valence-electron chi connectivity index (χ1n) is 3.94.